The van der Waals surface area contributed by atoms with Gasteiger partial charge in [-0.15, -0.1) is 0 Å². The molecule has 1 aromatic rings. The van der Waals surface area contributed by atoms with Gasteiger partial charge in [0.05, 0.1) is 6.10 Å². The van der Waals surface area contributed by atoms with Crippen LogP contribution in [0.15, 0.2) is 12.1 Å². The third kappa shape index (κ3) is 2.99. The number of fused-ring (bicyclic) bond motifs is 5. The summed E-state index contributed by atoms with van der Waals surface area (Å²) < 4.78 is 0. The van der Waals surface area contributed by atoms with E-state index in [1.165, 1.54) is 77.0 Å². The molecular formula is C32H46O. The summed E-state index contributed by atoms with van der Waals surface area (Å²) in [6.07, 6.45) is 17.8. The smallest absolute Gasteiger partial charge is 0.0596 e. The summed E-state index contributed by atoms with van der Waals surface area (Å²) in [6, 6.07) is 5.56. The Morgan fingerprint density at radius 3 is 2.33 bits per heavy atom. The van der Waals surface area contributed by atoms with Crippen LogP contribution in [0.3, 0.4) is 0 Å². The summed E-state index contributed by atoms with van der Waals surface area (Å²) in [4.78, 5) is 0. The highest BCUT2D eigenvalue weighted by Gasteiger charge is 2.55. The van der Waals surface area contributed by atoms with E-state index in [0.29, 0.717) is 11.3 Å². The molecule has 6 atom stereocenters. The second-order valence-electron chi connectivity index (χ2n) is 14.2. The van der Waals surface area contributed by atoms with Gasteiger partial charge in [-0.05, 0) is 158 Å². The van der Waals surface area contributed by atoms with E-state index in [1.807, 2.05) is 0 Å². The molecule has 1 N–H and O–H groups in total. The number of benzene rings is 1. The summed E-state index contributed by atoms with van der Waals surface area (Å²) in [6.45, 7) is 7.32. The van der Waals surface area contributed by atoms with E-state index in [0.717, 1.165) is 41.9 Å². The zero-order chi connectivity index (χ0) is 22.5. The van der Waals surface area contributed by atoms with E-state index in [9.17, 15) is 5.11 Å². The van der Waals surface area contributed by atoms with Gasteiger partial charge in [0.1, 0.15) is 0 Å². The third-order valence-corrected chi connectivity index (χ3v) is 12.6. The summed E-state index contributed by atoms with van der Waals surface area (Å²) in [7, 11) is 0. The van der Waals surface area contributed by atoms with Gasteiger partial charge < -0.3 is 5.11 Å². The second-order valence-corrected chi connectivity index (χ2v) is 14.2. The molecule has 1 heteroatoms. The van der Waals surface area contributed by atoms with E-state index in [-0.39, 0.29) is 11.5 Å². The molecule has 33 heavy (non-hydrogen) atoms. The van der Waals surface area contributed by atoms with Crippen LogP contribution in [0, 0.1) is 35.0 Å². The van der Waals surface area contributed by atoms with Crippen molar-refractivity contribution in [1.29, 1.82) is 0 Å². The highest BCUT2D eigenvalue weighted by molar-refractivity contribution is 5.48. The minimum atomic E-state index is -0.0566. The van der Waals surface area contributed by atoms with Gasteiger partial charge in [0.15, 0.2) is 0 Å². The third-order valence-electron chi connectivity index (χ3n) is 12.6. The van der Waals surface area contributed by atoms with E-state index in [2.05, 4.69) is 32.9 Å². The fraction of sp³-hybridized carbons (Fsp3) is 0.812. The summed E-state index contributed by atoms with van der Waals surface area (Å²) in [5, 5.41) is 10.9. The standard InChI is InChI=1S/C32H46O/c1-4-19(2)27-14-23(32-16-20-11-21(17-32)13-22(12-20)18-32)15-28-24(27)5-6-26-25(28)9-10-31(3)29(26)7-8-30(31)33/h14-15,19-22,25-26,29-30,33H,4-13,16-18H2,1-3H3/t19?,20?,21?,22?,25-,26+,29-,30-,31-,32?/m0/s1. The molecule has 8 rings (SSSR count). The first kappa shape index (κ1) is 21.5. The van der Waals surface area contributed by atoms with Gasteiger partial charge in [-0.2, -0.15) is 0 Å². The normalized spacial score (nSPS) is 48.3. The van der Waals surface area contributed by atoms with E-state index in [1.54, 1.807) is 22.3 Å². The minimum Gasteiger partial charge on any atom is -0.393 e. The molecule has 0 amide bonds. The maximum Gasteiger partial charge on any atom is 0.0596 e. The number of aliphatic hydroxyl groups is 1. The lowest BCUT2D eigenvalue weighted by molar-refractivity contribution is -0.0229. The van der Waals surface area contributed by atoms with Crippen molar-refractivity contribution in [3.05, 3.63) is 34.4 Å². The predicted octanol–water partition coefficient (Wildman–Crippen LogP) is 7.88. The van der Waals surface area contributed by atoms with Crippen molar-refractivity contribution in [2.75, 3.05) is 0 Å². The lowest BCUT2D eigenvalue weighted by atomic mass is 9.47. The molecule has 1 unspecified atom stereocenters. The van der Waals surface area contributed by atoms with Crippen molar-refractivity contribution in [3.8, 4) is 0 Å². The maximum atomic E-state index is 10.9. The fourth-order valence-electron chi connectivity index (χ4n) is 11.1. The number of hydrogen-bond acceptors (Lipinski definition) is 1. The molecule has 0 aromatic heterocycles. The average molecular weight is 447 g/mol. The molecule has 4 bridgehead atoms. The van der Waals surface area contributed by atoms with Crippen LogP contribution in [0.25, 0.3) is 0 Å². The molecule has 7 aliphatic carbocycles. The molecule has 6 saturated carbocycles. The predicted molar refractivity (Wildman–Crippen MR) is 136 cm³/mol. The lowest BCUT2D eigenvalue weighted by Gasteiger charge is -2.57. The van der Waals surface area contributed by atoms with Gasteiger partial charge in [0, 0.05) is 0 Å². The highest BCUT2D eigenvalue weighted by atomic mass is 16.3. The molecule has 180 valence electrons. The van der Waals surface area contributed by atoms with Crippen molar-refractivity contribution < 1.29 is 5.11 Å². The van der Waals surface area contributed by atoms with Crippen molar-refractivity contribution >= 4 is 0 Å². The topological polar surface area (TPSA) is 20.2 Å². The van der Waals surface area contributed by atoms with Crippen LogP contribution >= 0.6 is 0 Å². The zero-order valence-electron chi connectivity index (χ0n) is 21.4. The van der Waals surface area contributed by atoms with Gasteiger partial charge in [0.2, 0.25) is 0 Å². The molecule has 0 saturated heterocycles. The Morgan fingerprint density at radius 1 is 0.970 bits per heavy atom. The molecule has 0 spiro atoms. The first-order valence-electron chi connectivity index (χ1n) is 14.8. The van der Waals surface area contributed by atoms with Crippen LogP contribution in [-0.4, -0.2) is 11.2 Å². The maximum absolute atomic E-state index is 10.9. The van der Waals surface area contributed by atoms with Gasteiger partial charge in [0.25, 0.3) is 0 Å². The number of rotatable bonds is 3. The molecule has 1 aromatic carbocycles. The Labute approximate surface area is 202 Å². The lowest BCUT2D eigenvalue weighted by Crippen LogP contribution is -2.49. The SMILES string of the molecule is CCC(C)c1cc(C23CC4CC(CC(C4)C2)C3)cc2c1CC[C@@H]1[C@@H]2CC[C@]2(C)[C@@H](O)CC[C@@H]12. The number of hydrogen-bond donors (Lipinski definition) is 1. The van der Waals surface area contributed by atoms with Crippen molar-refractivity contribution in [2.45, 2.75) is 128 Å². The molecule has 0 aliphatic heterocycles. The average Bonchev–Trinajstić information content (AvgIpc) is 3.11. The molecule has 0 radical (unpaired) electrons. The van der Waals surface area contributed by atoms with E-state index in [4.69, 9.17) is 0 Å². The minimum absolute atomic E-state index is 0.0566. The van der Waals surface area contributed by atoms with Crippen molar-refractivity contribution in [1.82, 2.24) is 0 Å². The van der Waals surface area contributed by atoms with Crippen molar-refractivity contribution in [2.24, 2.45) is 35.0 Å². The summed E-state index contributed by atoms with van der Waals surface area (Å²) in [5.41, 5.74) is 7.76. The molecular weight excluding hydrogens is 400 g/mol. The summed E-state index contributed by atoms with van der Waals surface area (Å²) >= 11 is 0. The summed E-state index contributed by atoms with van der Waals surface area (Å²) in [5.74, 6) is 6.05. The molecule has 7 aliphatic rings. The molecule has 6 fully saturated rings. The van der Waals surface area contributed by atoms with Crippen LogP contribution < -0.4 is 0 Å². The Morgan fingerprint density at radius 2 is 1.67 bits per heavy atom. The monoisotopic (exact) mass is 446 g/mol. The largest absolute Gasteiger partial charge is 0.393 e. The Hall–Kier alpha value is -0.820. The van der Waals surface area contributed by atoms with Crippen LogP contribution in [0.1, 0.15) is 132 Å². The van der Waals surface area contributed by atoms with Crippen LogP contribution in [0.5, 0.6) is 0 Å². The van der Waals surface area contributed by atoms with E-state index >= 15 is 0 Å². The van der Waals surface area contributed by atoms with E-state index < -0.39 is 0 Å². The van der Waals surface area contributed by atoms with Crippen LogP contribution in [-0.2, 0) is 11.8 Å². The van der Waals surface area contributed by atoms with Crippen molar-refractivity contribution in [3.63, 3.8) is 0 Å². The highest BCUT2D eigenvalue weighted by Crippen LogP contribution is 2.64. The second kappa shape index (κ2) is 7.35. The first-order valence-corrected chi connectivity index (χ1v) is 14.8. The Bertz CT molecular complexity index is 909. The van der Waals surface area contributed by atoms with Crippen LogP contribution in [0.2, 0.25) is 0 Å². The van der Waals surface area contributed by atoms with Gasteiger partial charge in [-0.25, -0.2) is 0 Å². The van der Waals surface area contributed by atoms with Gasteiger partial charge in [-0.1, -0.05) is 32.9 Å². The molecule has 1 nitrogen and oxygen atoms in total. The van der Waals surface area contributed by atoms with Gasteiger partial charge in [-0.3, -0.25) is 0 Å². The molecule has 0 heterocycles. The Balaban J connectivity index is 1.33. The first-order chi connectivity index (χ1) is 15.9. The fourth-order valence-corrected chi connectivity index (χ4v) is 11.1. The Kier molecular flexibility index (Phi) is 4.78. The zero-order valence-corrected chi connectivity index (χ0v) is 21.4. The van der Waals surface area contributed by atoms with Gasteiger partial charge >= 0.3 is 0 Å². The number of aliphatic hydroxyl groups excluding tert-OH is 1. The van der Waals surface area contributed by atoms with Crippen LogP contribution in [0.4, 0.5) is 0 Å². The quantitative estimate of drug-likeness (QED) is 0.500.